The average Bonchev–Trinajstić information content (AvgIpc) is 2.52. The van der Waals surface area contributed by atoms with E-state index < -0.39 is 15.9 Å². The van der Waals surface area contributed by atoms with Crippen molar-refractivity contribution in [1.29, 1.82) is 0 Å². The molecule has 2 unspecified atom stereocenters. The van der Waals surface area contributed by atoms with Gasteiger partial charge in [0, 0.05) is 12.9 Å². The van der Waals surface area contributed by atoms with E-state index in [1.165, 1.54) is 6.26 Å². The van der Waals surface area contributed by atoms with Gasteiger partial charge < -0.3 is 9.84 Å². The second-order valence-corrected chi connectivity index (χ2v) is 6.20. The van der Waals surface area contributed by atoms with Crippen molar-refractivity contribution in [3.05, 3.63) is 0 Å². The van der Waals surface area contributed by atoms with Crippen molar-refractivity contribution in [3.63, 3.8) is 0 Å². The van der Waals surface area contributed by atoms with E-state index in [1.807, 2.05) is 0 Å². The topological polar surface area (TPSA) is 63.6 Å². The molecule has 84 valence electrons. The van der Waals surface area contributed by atoms with Crippen molar-refractivity contribution in [1.82, 2.24) is 0 Å². The van der Waals surface area contributed by atoms with Crippen molar-refractivity contribution < 1.29 is 18.3 Å². The van der Waals surface area contributed by atoms with E-state index in [0.717, 1.165) is 19.4 Å². The third-order valence-electron chi connectivity index (χ3n) is 2.38. The van der Waals surface area contributed by atoms with E-state index in [-0.39, 0.29) is 11.9 Å². The van der Waals surface area contributed by atoms with Crippen LogP contribution in [0.15, 0.2) is 0 Å². The number of hydrogen-bond acceptors (Lipinski definition) is 4. The molecule has 0 aromatic heterocycles. The molecule has 0 spiro atoms. The highest BCUT2D eigenvalue weighted by Gasteiger charge is 2.20. The molecule has 14 heavy (non-hydrogen) atoms. The molecule has 4 nitrogen and oxygen atoms in total. The first-order valence-electron chi connectivity index (χ1n) is 4.95. The highest BCUT2D eigenvalue weighted by atomic mass is 32.2. The number of aliphatic hydroxyl groups excluding tert-OH is 1. The first-order chi connectivity index (χ1) is 6.47. The summed E-state index contributed by atoms with van der Waals surface area (Å²) in [5.41, 5.74) is 0. The largest absolute Gasteiger partial charge is 0.393 e. The summed E-state index contributed by atoms with van der Waals surface area (Å²) in [6.07, 6.45) is 3.68. The number of rotatable bonds is 5. The normalized spacial score (nSPS) is 25.1. The van der Waals surface area contributed by atoms with Crippen LogP contribution < -0.4 is 0 Å². The molecule has 1 aliphatic heterocycles. The quantitative estimate of drug-likeness (QED) is 0.729. The summed E-state index contributed by atoms with van der Waals surface area (Å²) >= 11 is 0. The maximum absolute atomic E-state index is 10.8. The Hall–Kier alpha value is -0.130. The van der Waals surface area contributed by atoms with Crippen LogP contribution in [0.5, 0.6) is 0 Å². The number of sulfone groups is 1. The zero-order valence-electron chi connectivity index (χ0n) is 8.48. The first kappa shape index (κ1) is 11.9. The highest BCUT2D eigenvalue weighted by molar-refractivity contribution is 7.90. The van der Waals surface area contributed by atoms with Gasteiger partial charge in [0.2, 0.25) is 0 Å². The fraction of sp³-hybridized carbons (Fsp3) is 1.00. The zero-order valence-corrected chi connectivity index (χ0v) is 9.29. The Bertz CT molecular complexity index is 254. The minimum absolute atomic E-state index is 0.0564. The van der Waals surface area contributed by atoms with Crippen molar-refractivity contribution in [2.45, 2.75) is 37.9 Å². The van der Waals surface area contributed by atoms with E-state index in [2.05, 4.69) is 0 Å². The molecular weight excluding hydrogens is 204 g/mol. The van der Waals surface area contributed by atoms with Crippen LogP contribution in [0.2, 0.25) is 0 Å². The summed E-state index contributed by atoms with van der Waals surface area (Å²) in [5.74, 6) is 0.0564. The van der Waals surface area contributed by atoms with E-state index in [4.69, 9.17) is 4.74 Å². The molecule has 1 saturated heterocycles. The van der Waals surface area contributed by atoms with E-state index in [0.29, 0.717) is 12.8 Å². The van der Waals surface area contributed by atoms with Crippen LogP contribution in [-0.2, 0) is 14.6 Å². The molecule has 1 fully saturated rings. The molecule has 1 rings (SSSR count). The van der Waals surface area contributed by atoms with Gasteiger partial charge in [0.05, 0.1) is 18.0 Å². The molecule has 0 radical (unpaired) electrons. The Morgan fingerprint density at radius 3 is 2.79 bits per heavy atom. The molecular formula is C9H18O4S. The Labute approximate surface area is 85.2 Å². The van der Waals surface area contributed by atoms with Crippen molar-refractivity contribution in [2.75, 3.05) is 18.6 Å². The van der Waals surface area contributed by atoms with Crippen LogP contribution in [0.4, 0.5) is 0 Å². The maximum atomic E-state index is 10.8. The second kappa shape index (κ2) is 5.09. The Balaban J connectivity index is 2.18. The lowest BCUT2D eigenvalue weighted by Gasteiger charge is -2.14. The van der Waals surface area contributed by atoms with E-state index >= 15 is 0 Å². The van der Waals surface area contributed by atoms with Gasteiger partial charge in [-0.2, -0.15) is 0 Å². The lowest BCUT2D eigenvalue weighted by atomic mass is 10.1. The predicted octanol–water partition coefficient (Wildman–Crippen LogP) is 0.351. The lowest BCUT2D eigenvalue weighted by Crippen LogP contribution is -2.20. The molecule has 0 saturated carbocycles. The molecule has 5 heteroatoms. The van der Waals surface area contributed by atoms with Gasteiger partial charge in [-0.3, -0.25) is 0 Å². The van der Waals surface area contributed by atoms with Gasteiger partial charge in [0.15, 0.2) is 0 Å². The van der Waals surface area contributed by atoms with Crippen LogP contribution in [0.25, 0.3) is 0 Å². The van der Waals surface area contributed by atoms with E-state index in [9.17, 15) is 13.5 Å². The van der Waals surface area contributed by atoms with Crippen LogP contribution in [0.1, 0.15) is 25.7 Å². The molecule has 2 atom stereocenters. The van der Waals surface area contributed by atoms with Gasteiger partial charge in [0.1, 0.15) is 9.84 Å². The van der Waals surface area contributed by atoms with Gasteiger partial charge in [-0.25, -0.2) is 8.42 Å². The number of hydrogen-bond donors (Lipinski definition) is 1. The fourth-order valence-corrected chi connectivity index (χ4v) is 2.30. The minimum atomic E-state index is -2.95. The Morgan fingerprint density at radius 1 is 1.57 bits per heavy atom. The summed E-state index contributed by atoms with van der Waals surface area (Å²) in [7, 11) is -2.95. The van der Waals surface area contributed by atoms with Gasteiger partial charge in [-0.05, 0) is 25.7 Å². The summed E-state index contributed by atoms with van der Waals surface area (Å²) < 4.78 is 27.0. The van der Waals surface area contributed by atoms with Gasteiger partial charge >= 0.3 is 0 Å². The van der Waals surface area contributed by atoms with E-state index in [1.54, 1.807) is 0 Å². The third-order valence-corrected chi connectivity index (χ3v) is 3.36. The lowest BCUT2D eigenvalue weighted by molar-refractivity contribution is 0.0528. The summed E-state index contributed by atoms with van der Waals surface area (Å²) in [6, 6.07) is 0. The van der Waals surface area contributed by atoms with Crippen LogP contribution >= 0.6 is 0 Å². The van der Waals surface area contributed by atoms with Crippen LogP contribution in [0.3, 0.4) is 0 Å². The summed E-state index contributed by atoms with van der Waals surface area (Å²) in [4.78, 5) is 0. The number of ether oxygens (including phenoxy) is 1. The predicted molar refractivity (Wildman–Crippen MR) is 53.9 cm³/mol. The fourth-order valence-electron chi connectivity index (χ4n) is 1.60. The Kier molecular flexibility index (Phi) is 4.34. The maximum Gasteiger partial charge on any atom is 0.147 e. The average molecular weight is 222 g/mol. The molecule has 0 aliphatic carbocycles. The van der Waals surface area contributed by atoms with Gasteiger partial charge in [-0.15, -0.1) is 0 Å². The third kappa shape index (κ3) is 4.93. The van der Waals surface area contributed by atoms with Gasteiger partial charge in [0.25, 0.3) is 0 Å². The zero-order chi connectivity index (χ0) is 10.6. The Morgan fingerprint density at radius 2 is 2.29 bits per heavy atom. The van der Waals surface area contributed by atoms with Crippen molar-refractivity contribution >= 4 is 9.84 Å². The van der Waals surface area contributed by atoms with Gasteiger partial charge in [-0.1, -0.05) is 0 Å². The van der Waals surface area contributed by atoms with Crippen LogP contribution in [-0.4, -0.2) is 44.3 Å². The standard InChI is InChI=1S/C9H18O4S/c1-14(11,12)6-4-8(10)7-9-3-2-5-13-9/h8-10H,2-7H2,1H3. The van der Waals surface area contributed by atoms with Crippen molar-refractivity contribution in [2.24, 2.45) is 0 Å². The molecule has 0 aromatic rings. The molecule has 0 amide bonds. The summed E-state index contributed by atoms with van der Waals surface area (Å²) in [6.45, 7) is 0.767. The summed E-state index contributed by atoms with van der Waals surface area (Å²) in [5, 5.41) is 9.53. The first-order valence-corrected chi connectivity index (χ1v) is 7.01. The molecule has 1 N–H and O–H groups in total. The minimum Gasteiger partial charge on any atom is -0.393 e. The SMILES string of the molecule is CS(=O)(=O)CCC(O)CC1CCCO1. The number of aliphatic hydroxyl groups is 1. The highest BCUT2D eigenvalue weighted by Crippen LogP contribution is 2.18. The molecule has 1 aliphatic rings. The smallest absolute Gasteiger partial charge is 0.147 e. The monoisotopic (exact) mass is 222 g/mol. The molecule has 0 aromatic carbocycles. The molecule has 0 bridgehead atoms. The molecule has 1 heterocycles. The van der Waals surface area contributed by atoms with Crippen LogP contribution in [0, 0.1) is 0 Å². The van der Waals surface area contributed by atoms with Crippen molar-refractivity contribution in [3.8, 4) is 0 Å². The second-order valence-electron chi connectivity index (χ2n) is 3.94.